The largest absolute Gasteiger partial charge is 0.512 e. The molecule has 0 aromatic heterocycles. The van der Waals surface area contributed by atoms with Crippen LogP contribution in [-0.2, 0) is 0 Å². The fourth-order valence-corrected chi connectivity index (χ4v) is 1.18. The zero-order valence-electron chi connectivity index (χ0n) is 6.26. The van der Waals surface area contributed by atoms with Gasteiger partial charge >= 0.3 is 0 Å². The van der Waals surface area contributed by atoms with E-state index in [1.807, 2.05) is 13.8 Å². The predicted octanol–water partition coefficient (Wildman–Crippen LogP) is 2.30. The summed E-state index contributed by atoms with van der Waals surface area (Å²) in [6.45, 7) is 3.93. The molecule has 0 aliphatic heterocycles. The van der Waals surface area contributed by atoms with Crippen molar-refractivity contribution in [2.24, 2.45) is 5.41 Å². The normalized spacial score (nSPS) is 23.4. The van der Waals surface area contributed by atoms with Crippen molar-refractivity contribution in [2.45, 2.75) is 20.3 Å². The predicted molar refractivity (Wildman–Crippen MR) is 39.8 cm³/mol. The van der Waals surface area contributed by atoms with E-state index >= 15 is 0 Å². The van der Waals surface area contributed by atoms with Crippen LogP contribution in [0.5, 0.6) is 0 Å². The van der Waals surface area contributed by atoms with Crippen LogP contribution in [0.4, 0.5) is 0 Å². The summed E-state index contributed by atoms with van der Waals surface area (Å²) in [7, 11) is 0. The van der Waals surface area contributed by atoms with E-state index in [-0.39, 0.29) is 16.9 Å². The van der Waals surface area contributed by atoms with Crippen LogP contribution in [0.3, 0.4) is 0 Å². The average molecular weight is 140 g/mol. The fraction of sp³-hybridized carbons (Fsp3) is 0.500. The highest BCUT2D eigenvalue weighted by molar-refractivity contribution is 5.22. The average Bonchev–Trinajstić information content (AvgIpc) is 1.54. The summed E-state index contributed by atoms with van der Waals surface area (Å²) in [4.78, 5) is 0. The molecule has 0 saturated heterocycles. The quantitative estimate of drug-likeness (QED) is 0.542. The van der Waals surface area contributed by atoms with Crippen LogP contribution in [-0.4, -0.2) is 10.2 Å². The molecule has 56 valence electrons. The first-order chi connectivity index (χ1) is 4.49. The monoisotopic (exact) mass is 140 g/mol. The van der Waals surface area contributed by atoms with Crippen molar-refractivity contribution >= 4 is 0 Å². The van der Waals surface area contributed by atoms with Crippen LogP contribution in [0, 0.1) is 5.41 Å². The summed E-state index contributed by atoms with van der Waals surface area (Å²) >= 11 is 0. The highest BCUT2D eigenvalue weighted by Gasteiger charge is 2.21. The van der Waals surface area contributed by atoms with E-state index < -0.39 is 0 Å². The maximum Gasteiger partial charge on any atom is 0.115 e. The Labute approximate surface area is 60.5 Å². The molecule has 10 heavy (non-hydrogen) atoms. The molecule has 0 unspecified atom stereocenters. The van der Waals surface area contributed by atoms with Crippen LogP contribution >= 0.6 is 0 Å². The molecule has 0 aromatic rings. The molecule has 2 heteroatoms. The second kappa shape index (κ2) is 2.04. The second-order valence-corrected chi connectivity index (χ2v) is 3.37. The van der Waals surface area contributed by atoms with Gasteiger partial charge in [-0.15, -0.1) is 0 Å². The summed E-state index contributed by atoms with van der Waals surface area (Å²) < 4.78 is 0. The summed E-state index contributed by atoms with van der Waals surface area (Å²) in [5.41, 5.74) is -0.108. The van der Waals surface area contributed by atoms with Gasteiger partial charge in [0.1, 0.15) is 5.76 Å². The third-order valence-electron chi connectivity index (χ3n) is 1.49. The first-order valence-electron chi connectivity index (χ1n) is 3.31. The van der Waals surface area contributed by atoms with Crippen LogP contribution < -0.4 is 0 Å². The lowest BCUT2D eigenvalue weighted by Crippen LogP contribution is -2.13. The molecule has 0 heterocycles. The molecule has 0 fully saturated rings. The third-order valence-corrected chi connectivity index (χ3v) is 1.49. The van der Waals surface area contributed by atoms with Crippen molar-refractivity contribution in [3.63, 3.8) is 0 Å². The molecule has 0 amide bonds. The molecule has 1 rings (SSSR count). The Bertz CT molecular complexity index is 199. The lowest BCUT2D eigenvalue weighted by atomic mass is 9.85. The van der Waals surface area contributed by atoms with Gasteiger partial charge in [0.05, 0.1) is 5.76 Å². The fourth-order valence-electron chi connectivity index (χ4n) is 1.18. The zero-order valence-corrected chi connectivity index (χ0v) is 6.26. The van der Waals surface area contributed by atoms with Gasteiger partial charge in [-0.05, 0) is 11.5 Å². The Morgan fingerprint density at radius 1 is 1.40 bits per heavy atom. The first kappa shape index (κ1) is 7.19. The van der Waals surface area contributed by atoms with E-state index in [4.69, 9.17) is 10.2 Å². The van der Waals surface area contributed by atoms with Gasteiger partial charge in [0, 0.05) is 12.5 Å². The number of aliphatic hydroxyl groups excluding tert-OH is 2. The van der Waals surface area contributed by atoms with Crippen molar-refractivity contribution in [2.75, 3.05) is 0 Å². The molecule has 1 aliphatic rings. The van der Waals surface area contributed by atoms with E-state index in [2.05, 4.69) is 0 Å². The number of aliphatic hydroxyl groups is 2. The Kier molecular flexibility index (Phi) is 1.47. The van der Waals surface area contributed by atoms with E-state index in [0.29, 0.717) is 6.42 Å². The Hall–Kier alpha value is -0.920. The van der Waals surface area contributed by atoms with Gasteiger partial charge in [0.2, 0.25) is 0 Å². The van der Waals surface area contributed by atoms with Crippen molar-refractivity contribution in [1.82, 2.24) is 0 Å². The van der Waals surface area contributed by atoms with Gasteiger partial charge in [0.25, 0.3) is 0 Å². The topological polar surface area (TPSA) is 40.5 Å². The van der Waals surface area contributed by atoms with Crippen molar-refractivity contribution in [3.05, 3.63) is 23.7 Å². The van der Waals surface area contributed by atoms with E-state index in [9.17, 15) is 0 Å². The second-order valence-electron chi connectivity index (χ2n) is 3.37. The van der Waals surface area contributed by atoms with Gasteiger partial charge in [-0.3, -0.25) is 0 Å². The minimum Gasteiger partial charge on any atom is -0.512 e. The molecule has 0 spiro atoms. The molecule has 0 saturated carbocycles. The number of allylic oxidation sites excluding steroid dienone is 3. The lowest BCUT2D eigenvalue weighted by molar-refractivity contribution is 0.300. The molecule has 0 atom stereocenters. The van der Waals surface area contributed by atoms with Crippen molar-refractivity contribution in [3.8, 4) is 0 Å². The van der Waals surface area contributed by atoms with Crippen LogP contribution in [0.2, 0.25) is 0 Å². The number of rotatable bonds is 0. The summed E-state index contributed by atoms with van der Waals surface area (Å²) in [5.74, 6) is 0.416. The number of hydrogen-bond acceptors (Lipinski definition) is 2. The standard InChI is InChI=1S/C8H12O2/c1-8(2)4-6(9)3-7(10)5-8/h3-4,9-10H,5H2,1-2H3. The van der Waals surface area contributed by atoms with Crippen LogP contribution in [0.25, 0.3) is 0 Å². The van der Waals surface area contributed by atoms with Gasteiger partial charge in [-0.25, -0.2) is 0 Å². The maximum absolute atomic E-state index is 9.08. The minimum atomic E-state index is -0.108. The van der Waals surface area contributed by atoms with E-state index in [1.165, 1.54) is 6.08 Å². The van der Waals surface area contributed by atoms with Gasteiger partial charge < -0.3 is 10.2 Å². The highest BCUT2D eigenvalue weighted by atomic mass is 16.3. The summed E-state index contributed by atoms with van der Waals surface area (Å²) in [5, 5.41) is 18.1. The Morgan fingerprint density at radius 2 is 2.00 bits per heavy atom. The molecule has 2 nitrogen and oxygen atoms in total. The highest BCUT2D eigenvalue weighted by Crippen LogP contribution is 2.30. The van der Waals surface area contributed by atoms with Gasteiger partial charge in [0.15, 0.2) is 0 Å². The third kappa shape index (κ3) is 1.53. The van der Waals surface area contributed by atoms with Gasteiger partial charge in [-0.1, -0.05) is 13.8 Å². The van der Waals surface area contributed by atoms with Crippen molar-refractivity contribution in [1.29, 1.82) is 0 Å². The molecule has 0 aromatic carbocycles. The molecule has 2 N–H and O–H groups in total. The minimum absolute atomic E-state index is 0.108. The molecular formula is C8H12O2. The van der Waals surface area contributed by atoms with Crippen LogP contribution in [0.1, 0.15) is 20.3 Å². The first-order valence-corrected chi connectivity index (χ1v) is 3.31. The van der Waals surface area contributed by atoms with E-state index in [1.54, 1.807) is 6.08 Å². The van der Waals surface area contributed by atoms with Gasteiger partial charge in [-0.2, -0.15) is 0 Å². The summed E-state index contributed by atoms with van der Waals surface area (Å²) in [6.07, 6.45) is 3.73. The molecule has 0 bridgehead atoms. The molecular weight excluding hydrogens is 128 g/mol. The number of hydrogen-bond donors (Lipinski definition) is 2. The van der Waals surface area contributed by atoms with Crippen LogP contribution in [0.15, 0.2) is 23.7 Å². The smallest absolute Gasteiger partial charge is 0.115 e. The maximum atomic E-state index is 9.08. The molecule has 0 radical (unpaired) electrons. The Balaban J connectivity index is 2.88. The lowest BCUT2D eigenvalue weighted by Gasteiger charge is -2.22. The zero-order chi connectivity index (χ0) is 7.78. The van der Waals surface area contributed by atoms with Crippen molar-refractivity contribution < 1.29 is 10.2 Å². The summed E-state index contributed by atoms with van der Waals surface area (Å²) in [6, 6.07) is 0. The van der Waals surface area contributed by atoms with E-state index in [0.717, 1.165) is 0 Å². The Morgan fingerprint density at radius 3 is 2.40 bits per heavy atom. The SMILES string of the molecule is CC1(C)C=C(O)C=C(O)C1. The molecule has 1 aliphatic carbocycles.